The molecule has 2 atom stereocenters. The Morgan fingerprint density at radius 1 is 1.22 bits per heavy atom. The fourth-order valence-corrected chi connectivity index (χ4v) is 2.39. The highest BCUT2D eigenvalue weighted by Crippen LogP contribution is 2.29. The molecule has 0 aliphatic heterocycles. The van der Waals surface area contributed by atoms with Crippen LogP contribution in [-0.2, 0) is 4.79 Å². The Kier molecular flexibility index (Phi) is 4.99. The van der Waals surface area contributed by atoms with Crippen LogP contribution in [0.3, 0.4) is 0 Å². The van der Waals surface area contributed by atoms with Crippen molar-refractivity contribution in [1.29, 1.82) is 0 Å². The Hall–Kier alpha value is -1.26. The zero-order valence-corrected chi connectivity index (χ0v) is 11.5. The van der Waals surface area contributed by atoms with E-state index >= 15 is 0 Å². The maximum atomic E-state index is 11.6. The molecule has 0 spiro atoms. The fourth-order valence-electron chi connectivity index (χ4n) is 2.39. The van der Waals surface area contributed by atoms with E-state index < -0.39 is 5.97 Å². The number of carbonyl (C=O) groups excluding carboxylic acids is 1. The van der Waals surface area contributed by atoms with Crippen LogP contribution >= 0.6 is 0 Å². The van der Waals surface area contributed by atoms with Crippen LogP contribution < -0.4 is 10.6 Å². The van der Waals surface area contributed by atoms with Crippen molar-refractivity contribution >= 4 is 12.0 Å². The van der Waals surface area contributed by atoms with Gasteiger partial charge in [-0.05, 0) is 39.5 Å². The molecule has 2 amide bonds. The van der Waals surface area contributed by atoms with E-state index in [-0.39, 0.29) is 23.4 Å². The summed E-state index contributed by atoms with van der Waals surface area (Å²) in [5.41, 5.74) is -0.275. The van der Waals surface area contributed by atoms with Gasteiger partial charge >= 0.3 is 12.0 Å². The summed E-state index contributed by atoms with van der Waals surface area (Å²) in [6.45, 7) is 6.17. The van der Waals surface area contributed by atoms with E-state index in [1.807, 2.05) is 20.8 Å². The highest BCUT2D eigenvalue weighted by Gasteiger charge is 2.30. The van der Waals surface area contributed by atoms with Gasteiger partial charge in [0.2, 0.25) is 0 Å². The first-order chi connectivity index (χ1) is 8.29. The first kappa shape index (κ1) is 14.8. The normalized spacial score (nSPS) is 24.4. The molecule has 0 bridgehead atoms. The van der Waals surface area contributed by atoms with Crippen LogP contribution in [-0.4, -0.2) is 29.2 Å². The lowest BCUT2D eigenvalue weighted by Gasteiger charge is -2.29. The number of amides is 2. The lowest BCUT2D eigenvalue weighted by atomic mass is 9.79. The minimum atomic E-state index is -0.738. The molecule has 2 unspecified atom stereocenters. The Bertz CT molecular complexity index is 310. The van der Waals surface area contributed by atoms with Gasteiger partial charge in [-0.3, -0.25) is 4.79 Å². The first-order valence-corrected chi connectivity index (χ1v) is 6.58. The van der Waals surface area contributed by atoms with Crippen LogP contribution in [0.2, 0.25) is 0 Å². The second-order valence-electron chi connectivity index (χ2n) is 6.07. The summed E-state index contributed by atoms with van der Waals surface area (Å²) < 4.78 is 0. The van der Waals surface area contributed by atoms with E-state index in [1.165, 1.54) is 0 Å². The average molecular weight is 256 g/mol. The maximum absolute atomic E-state index is 11.6. The molecule has 0 saturated heterocycles. The smallest absolute Gasteiger partial charge is 0.315 e. The summed E-state index contributed by atoms with van der Waals surface area (Å²) in [6, 6.07) is -0.225. The van der Waals surface area contributed by atoms with Gasteiger partial charge < -0.3 is 15.7 Å². The predicted molar refractivity (Wildman–Crippen MR) is 69.4 cm³/mol. The summed E-state index contributed by atoms with van der Waals surface area (Å²) in [5, 5.41) is 14.7. The zero-order chi connectivity index (χ0) is 13.8. The second kappa shape index (κ2) is 6.07. The number of hydrogen-bond donors (Lipinski definition) is 3. The molecule has 1 rings (SSSR count). The molecule has 5 heteroatoms. The maximum Gasteiger partial charge on any atom is 0.315 e. The van der Waals surface area contributed by atoms with Crippen LogP contribution in [0.4, 0.5) is 4.79 Å². The van der Waals surface area contributed by atoms with E-state index in [2.05, 4.69) is 10.6 Å². The number of carboxylic acid groups (broad SMARTS) is 1. The van der Waals surface area contributed by atoms with Crippen LogP contribution in [0.25, 0.3) is 0 Å². The number of carboxylic acids is 1. The number of rotatable bonds is 3. The molecule has 0 aromatic carbocycles. The average Bonchev–Trinajstić information content (AvgIpc) is 2.24. The molecule has 1 aliphatic rings. The molecule has 5 nitrogen and oxygen atoms in total. The number of carbonyl (C=O) groups is 2. The number of urea groups is 1. The third kappa shape index (κ3) is 4.94. The standard InChI is InChI=1S/C13H24N2O3/c1-13(2,3)15-12(18)14-8-9-6-4-5-7-10(9)11(16)17/h9-10H,4-8H2,1-3H3,(H,16,17)(H2,14,15,18). The summed E-state index contributed by atoms with van der Waals surface area (Å²) in [4.78, 5) is 22.7. The molecule has 0 radical (unpaired) electrons. The monoisotopic (exact) mass is 256 g/mol. The van der Waals surface area contributed by atoms with Crippen molar-refractivity contribution < 1.29 is 14.7 Å². The fraction of sp³-hybridized carbons (Fsp3) is 0.846. The lowest BCUT2D eigenvalue weighted by molar-refractivity contribution is -0.144. The van der Waals surface area contributed by atoms with Crippen LogP contribution in [0.15, 0.2) is 0 Å². The van der Waals surface area contributed by atoms with Gasteiger partial charge in [-0.25, -0.2) is 4.79 Å². The highest BCUT2D eigenvalue weighted by molar-refractivity contribution is 5.75. The number of aliphatic carboxylic acids is 1. The van der Waals surface area contributed by atoms with Crippen molar-refractivity contribution in [2.75, 3.05) is 6.54 Å². The Balaban J connectivity index is 2.41. The molecule has 3 N–H and O–H groups in total. The quantitative estimate of drug-likeness (QED) is 0.722. The van der Waals surface area contributed by atoms with Crippen LogP contribution in [0.5, 0.6) is 0 Å². The van der Waals surface area contributed by atoms with Crippen molar-refractivity contribution in [3.8, 4) is 0 Å². The van der Waals surface area contributed by atoms with Gasteiger partial charge in [-0.15, -0.1) is 0 Å². The molecule has 1 fully saturated rings. The molecular formula is C13H24N2O3. The van der Waals surface area contributed by atoms with E-state index in [4.69, 9.17) is 5.11 Å². The zero-order valence-electron chi connectivity index (χ0n) is 11.5. The van der Waals surface area contributed by atoms with Gasteiger partial charge in [0.25, 0.3) is 0 Å². The van der Waals surface area contributed by atoms with Gasteiger partial charge in [0.1, 0.15) is 0 Å². The van der Waals surface area contributed by atoms with Crippen molar-refractivity contribution in [3.05, 3.63) is 0 Å². The summed E-state index contributed by atoms with van der Waals surface area (Å²) in [7, 11) is 0. The minimum absolute atomic E-state index is 0.0574. The van der Waals surface area contributed by atoms with Crippen molar-refractivity contribution in [3.63, 3.8) is 0 Å². The molecular weight excluding hydrogens is 232 g/mol. The Morgan fingerprint density at radius 3 is 2.39 bits per heavy atom. The van der Waals surface area contributed by atoms with E-state index in [9.17, 15) is 9.59 Å². The number of nitrogens with one attached hydrogen (secondary N) is 2. The number of hydrogen-bond acceptors (Lipinski definition) is 2. The molecule has 18 heavy (non-hydrogen) atoms. The molecule has 104 valence electrons. The second-order valence-corrected chi connectivity index (χ2v) is 6.07. The van der Waals surface area contributed by atoms with Crippen molar-refractivity contribution in [1.82, 2.24) is 10.6 Å². The van der Waals surface area contributed by atoms with Gasteiger partial charge in [-0.2, -0.15) is 0 Å². The minimum Gasteiger partial charge on any atom is -0.481 e. The van der Waals surface area contributed by atoms with Crippen molar-refractivity contribution in [2.24, 2.45) is 11.8 Å². The highest BCUT2D eigenvalue weighted by atomic mass is 16.4. The summed E-state index contributed by atoms with van der Waals surface area (Å²) in [5.74, 6) is -0.992. The van der Waals surface area contributed by atoms with Crippen molar-refractivity contribution in [2.45, 2.75) is 52.0 Å². The predicted octanol–water partition coefficient (Wildman–Crippen LogP) is 1.98. The van der Waals surface area contributed by atoms with Crippen LogP contribution in [0.1, 0.15) is 46.5 Å². The first-order valence-electron chi connectivity index (χ1n) is 6.58. The molecule has 0 aromatic heterocycles. The van der Waals surface area contributed by atoms with E-state index in [0.29, 0.717) is 6.54 Å². The molecule has 1 aliphatic carbocycles. The Labute approximate surface area is 108 Å². The van der Waals surface area contributed by atoms with Crippen LogP contribution in [0, 0.1) is 11.8 Å². The summed E-state index contributed by atoms with van der Waals surface area (Å²) in [6.07, 6.45) is 3.63. The Morgan fingerprint density at radius 2 is 1.83 bits per heavy atom. The molecule has 1 saturated carbocycles. The van der Waals surface area contributed by atoms with Gasteiger partial charge in [0.05, 0.1) is 5.92 Å². The van der Waals surface area contributed by atoms with Gasteiger partial charge in [0.15, 0.2) is 0 Å². The van der Waals surface area contributed by atoms with E-state index in [0.717, 1.165) is 25.7 Å². The largest absolute Gasteiger partial charge is 0.481 e. The lowest BCUT2D eigenvalue weighted by Crippen LogP contribution is -2.48. The summed E-state index contributed by atoms with van der Waals surface area (Å²) >= 11 is 0. The van der Waals surface area contributed by atoms with E-state index in [1.54, 1.807) is 0 Å². The molecule has 0 heterocycles. The molecule has 0 aromatic rings. The topological polar surface area (TPSA) is 78.4 Å². The third-order valence-corrected chi connectivity index (χ3v) is 3.24. The third-order valence-electron chi connectivity index (χ3n) is 3.24. The van der Waals surface area contributed by atoms with Gasteiger partial charge in [0, 0.05) is 12.1 Å². The van der Waals surface area contributed by atoms with Gasteiger partial charge in [-0.1, -0.05) is 12.8 Å². The SMILES string of the molecule is CC(C)(C)NC(=O)NCC1CCCCC1C(=O)O.